The van der Waals surface area contributed by atoms with Gasteiger partial charge in [0.2, 0.25) is 0 Å². The highest BCUT2D eigenvalue weighted by molar-refractivity contribution is 7.90. The van der Waals surface area contributed by atoms with Crippen molar-refractivity contribution in [1.82, 2.24) is 4.72 Å². The Morgan fingerprint density at radius 2 is 1.75 bits per heavy atom. The summed E-state index contributed by atoms with van der Waals surface area (Å²) >= 11 is 0. The van der Waals surface area contributed by atoms with Gasteiger partial charge >= 0.3 is 15.5 Å². The highest BCUT2D eigenvalue weighted by Gasteiger charge is 2.46. The maximum absolute atomic E-state index is 12.0. The zero-order valence-corrected chi connectivity index (χ0v) is 9.95. The summed E-state index contributed by atoms with van der Waals surface area (Å²) in [5.41, 5.74) is -5.90. The molecule has 8 heteroatoms. The van der Waals surface area contributed by atoms with Gasteiger partial charge in [-0.05, 0) is 18.3 Å². The quantitative estimate of drug-likeness (QED) is 0.757. The molecule has 0 aliphatic rings. The van der Waals surface area contributed by atoms with E-state index in [1.807, 2.05) is 0 Å². The van der Waals surface area contributed by atoms with Crippen LogP contribution in [0.25, 0.3) is 0 Å². The van der Waals surface area contributed by atoms with E-state index in [-0.39, 0.29) is 13.2 Å². The van der Waals surface area contributed by atoms with Crippen molar-refractivity contribution in [2.45, 2.75) is 32.2 Å². The molecule has 0 saturated heterocycles. The van der Waals surface area contributed by atoms with Crippen LogP contribution in [-0.2, 0) is 10.0 Å². The lowest BCUT2D eigenvalue weighted by molar-refractivity contribution is -0.0449. The Bertz CT molecular complexity index is 311. The third kappa shape index (κ3) is 5.13. The van der Waals surface area contributed by atoms with Crippen molar-refractivity contribution in [3.63, 3.8) is 0 Å². The highest BCUT2D eigenvalue weighted by Crippen LogP contribution is 2.25. The Kier molecular flexibility index (Phi) is 5.21. The van der Waals surface area contributed by atoms with E-state index in [2.05, 4.69) is 0 Å². The van der Waals surface area contributed by atoms with Crippen molar-refractivity contribution < 1.29 is 26.7 Å². The number of aliphatic hydroxyl groups excluding tert-OH is 1. The van der Waals surface area contributed by atoms with Gasteiger partial charge in [0.1, 0.15) is 0 Å². The molecule has 0 heterocycles. The lowest BCUT2D eigenvalue weighted by atomic mass is 9.88. The summed E-state index contributed by atoms with van der Waals surface area (Å²) in [5.74, 6) is 0. The normalized spacial score (nSPS) is 14.1. The first-order valence-electron chi connectivity index (χ1n) is 4.69. The number of rotatable bonds is 6. The van der Waals surface area contributed by atoms with Crippen molar-refractivity contribution in [2.24, 2.45) is 5.41 Å². The molecule has 0 aliphatic heterocycles. The van der Waals surface area contributed by atoms with E-state index in [9.17, 15) is 21.6 Å². The molecule has 0 spiro atoms. The molecule has 0 aromatic rings. The average molecular weight is 263 g/mol. The number of sulfonamides is 1. The average Bonchev–Trinajstić information content (AvgIpc) is 2.10. The Morgan fingerprint density at radius 1 is 1.25 bits per heavy atom. The first kappa shape index (κ1) is 15.7. The maximum atomic E-state index is 12.0. The number of nitrogens with one attached hydrogen (secondary N) is 1. The van der Waals surface area contributed by atoms with Gasteiger partial charge in [-0.1, -0.05) is 13.8 Å². The second kappa shape index (κ2) is 5.33. The van der Waals surface area contributed by atoms with E-state index in [1.165, 1.54) is 4.72 Å². The topological polar surface area (TPSA) is 66.4 Å². The summed E-state index contributed by atoms with van der Waals surface area (Å²) in [7, 11) is -5.27. The summed E-state index contributed by atoms with van der Waals surface area (Å²) in [6, 6.07) is 0. The van der Waals surface area contributed by atoms with E-state index >= 15 is 0 Å². The molecule has 0 saturated carbocycles. The van der Waals surface area contributed by atoms with Crippen LogP contribution < -0.4 is 4.72 Å². The third-order valence-electron chi connectivity index (χ3n) is 2.06. The zero-order valence-electron chi connectivity index (χ0n) is 9.13. The fourth-order valence-corrected chi connectivity index (χ4v) is 1.76. The minimum absolute atomic E-state index is 0.0740. The van der Waals surface area contributed by atoms with Crippen LogP contribution in [-0.4, -0.2) is 32.2 Å². The maximum Gasteiger partial charge on any atom is 0.511 e. The summed E-state index contributed by atoms with van der Waals surface area (Å²) in [5, 5.41) is 8.57. The molecular formula is C8H16F3NO3S. The van der Waals surface area contributed by atoms with Crippen LogP contribution in [0.3, 0.4) is 0 Å². The molecule has 0 aliphatic carbocycles. The number of hydrogen-bond acceptors (Lipinski definition) is 3. The van der Waals surface area contributed by atoms with Crippen LogP contribution in [0.5, 0.6) is 0 Å². The molecule has 0 aromatic heterocycles. The molecular weight excluding hydrogens is 247 g/mol. The van der Waals surface area contributed by atoms with Crippen molar-refractivity contribution in [3.05, 3.63) is 0 Å². The molecule has 16 heavy (non-hydrogen) atoms. The van der Waals surface area contributed by atoms with Crippen LogP contribution in [0.2, 0.25) is 0 Å². The third-order valence-corrected chi connectivity index (χ3v) is 3.19. The van der Waals surface area contributed by atoms with E-state index < -0.39 is 20.9 Å². The first-order chi connectivity index (χ1) is 7.02. The minimum atomic E-state index is -5.28. The molecule has 2 N–H and O–H groups in total. The molecule has 4 nitrogen and oxygen atoms in total. The smallest absolute Gasteiger partial charge is 0.396 e. The van der Waals surface area contributed by atoms with E-state index in [1.54, 1.807) is 13.8 Å². The summed E-state index contributed by atoms with van der Waals surface area (Å²) in [4.78, 5) is 0. The molecule has 0 unspecified atom stereocenters. The second-order valence-electron chi connectivity index (χ2n) is 4.26. The Balaban J connectivity index is 4.35. The standard InChI is InChI=1S/C8H16F3NO3S/c1-7(2,4-3-5-13)6-12-16(14,15)8(9,10)11/h12-13H,3-6H2,1-2H3. The van der Waals surface area contributed by atoms with Crippen LogP contribution in [0, 0.1) is 5.41 Å². The lowest BCUT2D eigenvalue weighted by Crippen LogP contribution is -2.41. The molecule has 0 atom stereocenters. The predicted octanol–water partition coefficient (Wildman–Crippen LogP) is 1.22. The van der Waals surface area contributed by atoms with Gasteiger partial charge in [0, 0.05) is 13.2 Å². The highest BCUT2D eigenvalue weighted by atomic mass is 32.2. The Labute approximate surface area is 92.9 Å². The molecule has 0 rings (SSSR count). The largest absolute Gasteiger partial charge is 0.511 e. The van der Waals surface area contributed by atoms with E-state index in [0.29, 0.717) is 12.8 Å². The van der Waals surface area contributed by atoms with Crippen LogP contribution in [0.15, 0.2) is 0 Å². The second-order valence-corrected chi connectivity index (χ2v) is 6.02. The monoisotopic (exact) mass is 263 g/mol. The van der Waals surface area contributed by atoms with E-state index in [0.717, 1.165) is 0 Å². The van der Waals surface area contributed by atoms with Crippen LogP contribution >= 0.6 is 0 Å². The number of alkyl halides is 3. The predicted molar refractivity (Wildman–Crippen MR) is 53.1 cm³/mol. The van der Waals surface area contributed by atoms with Gasteiger partial charge < -0.3 is 5.11 Å². The van der Waals surface area contributed by atoms with E-state index in [4.69, 9.17) is 5.11 Å². The number of halogens is 3. The summed E-state index contributed by atoms with van der Waals surface area (Å²) in [6.07, 6.45) is 0.852. The number of aliphatic hydroxyl groups is 1. The van der Waals surface area contributed by atoms with Crippen molar-refractivity contribution in [3.8, 4) is 0 Å². The van der Waals surface area contributed by atoms with Gasteiger partial charge in [0.05, 0.1) is 0 Å². The molecule has 98 valence electrons. The van der Waals surface area contributed by atoms with Crippen LogP contribution in [0.1, 0.15) is 26.7 Å². The number of hydrogen-bond donors (Lipinski definition) is 2. The Morgan fingerprint density at radius 3 is 2.12 bits per heavy atom. The van der Waals surface area contributed by atoms with Crippen molar-refractivity contribution in [2.75, 3.05) is 13.2 Å². The Hall–Kier alpha value is -0.340. The van der Waals surface area contributed by atoms with Gasteiger partial charge in [0.25, 0.3) is 0 Å². The van der Waals surface area contributed by atoms with Gasteiger partial charge in [-0.2, -0.15) is 13.2 Å². The fraction of sp³-hybridized carbons (Fsp3) is 1.00. The van der Waals surface area contributed by atoms with Gasteiger partial charge in [-0.25, -0.2) is 13.1 Å². The van der Waals surface area contributed by atoms with Gasteiger partial charge in [0.15, 0.2) is 0 Å². The zero-order chi connectivity index (χ0) is 13.0. The van der Waals surface area contributed by atoms with Crippen molar-refractivity contribution >= 4 is 10.0 Å². The molecule has 0 bridgehead atoms. The molecule has 0 aromatic carbocycles. The van der Waals surface area contributed by atoms with Crippen LogP contribution in [0.4, 0.5) is 13.2 Å². The fourth-order valence-electron chi connectivity index (χ4n) is 1.02. The van der Waals surface area contributed by atoms with Gasteiger partial charge in [-0.15, -0.1) is 0 Å². The summed E-state index contributed by atoms with van der Waals surface area (Å²) in [6.45, 7) is 2.87. The summed E-state index contributed by atoms with van der Waals surface area (Å²) < 4.78 is 58.8. The molecule has 0 radical (unpaired) electrons. The van der Waals surface area contributed by atoms with Crippen molar-refractivity contribution in [1.29, 1.82) is 0 Å². The molecule has 0 fully saturated rings. The SMILES string of the molecule is CC(C)(CCCO)CNS(=O)(=O)C(F)(F)F. The first-order valence-corrected chi connectivity index (χ1v) is 6.17. The lowest BCUT2D eigenvalue weighted by Gasteiger charge is -2.24. The molecule has 0 amide bonds. The minimum Gasteiger partial charge on any atom is -0.396 e. The van der Waals surface area contributed by atoms with Gasteiger partial charge in [-0.3, -0.25) is 0 Å².